The van der Waals surface area contributed by atoms with Crippen molar-refractivity contribution in [1.29, 1.82) is 0 Å². The molecule has 0 unspecified atom stereocenters. The van der Waals surface area contributed by atoms with Gasteiger partial charge in [0.05, 0.1) is 34.9 Å². The summed E-state index contributed by atoms with van der Waals surface area (Å²) in [6.07, 6.45) is 1.52. The number of amides is 1. The van der Waals surface area contributed by atoms with Crippen LogP contribution in [0, 0.1) is 18.8 Å². The molecule has 9 heteroatoms. The van der Waals surface area contributed by atoms with Gasteiger partial charge in [0.1, 0.15) is 5.58 Å². The van der Waals surface area contributed by atoms with Gasteiger partial charge < -0.3 is 9.32 Å². The van der Waals surface area contributed by atoms with Crippen LogP contribution >= 0.6 is 11.3 Å². The van der Waals surface area contributed by atoms with Crippen molar-refractivity contribution in [3.05, 3.63) is 46.6 Å². The van der Waals surface area contributed by atoms with Crippen LogP contribution in [0.2, 0.25) is 0 Å². The average molecular weight is 478 g/mol. The summed E-state index contributed by atoms with van der Waals surface area (Å²) in [5.41, 5.74) is 1.24. The molecule has 32 heavy (non-hydrogen) atoms. The van der Waals surface area contributed by atoms with Gasteiger partial charge in [0, 0.05) is 23.9 Å². The van der Waals surface area contributed by atoms with Crippen molar-refractivity contribution in [2.24, 2.45) is 11.8 Å². The highest BCUT2D eigenvalue weighted by atomic mass is 32.2. The van der Waals surface area contributed by atoms with E-state index in [0.29, 0.717) is 29.8 Å². The molecule has 174 valence electrons. The van der Waals surface area contributed by atoms with Gasteiger partial charge in [-0.15, -0.1) is 11.3 Å². The predicted octanol–water partition coefficient (Wildman–Crippen LogP) is 4.53. The van der Waals surface area contributed by atoms with Gasteiger partial charge in [-0.05, 0) is 43.0 Å². The molecular weight excluding hydrogens is 446 g/mol. The second-order valence-electron chi connectivity index (χ2n) is 8.84. The maximum atomic E-state index is 13.6. The number of rotatable bonds is 10. The molecule has 0 aliphatic heterocycles. The second kappa shape index (κ2) is 10.1. The Morgan fingerprint density at radius 2 is 1.81 bits per heavy atom. The number of benzene rings is 1. The Morgan fingerprint density at radius 1 is 1.12 bits per heavy atom. The number of furan rings is 1. The minimum absolute atomic E-state index is 0.0407. The zero-order chi connectivity index (χ0) is 23.5. The fourth-order valence-electron chi connectivity index (χ4n) is 3.55. The third-order valence-electron chi connectivity index (χ3n) is 4.90. The number of aryl methyl sites for hydroxylation is 1. The van der Waals surface area contributed by atoms with E-state index < -0.39 is 10.0 Å². The van der Waals surface area contributed by atoms with Gasteiger partial charge in [-0.25, -0.2) is 13.4 Å². The molecular formula is C23H31N3O4S2. The third kappa shape index (κ3) is 5.96. The largest absolute Gasteiger partial charge is 0.464 e. The Kier molecular flexibility index (Phi) is 7.74. The Morgan fingerprint density at radius 3 is 2.41 bits per heavy atom. The van der Waals surface area contributed by atoms with Crippen LogP contribution in [-0.4, -0.2) is 48.1 Å². The minimum atomic E-state index is -3.94. The van der Waals surface area contributed by atoms with E-state index in [1.165, 1.54) is 28.0 Å². The summed E-state index contributed by atoms with van der Waals surface area (Å²) >= 11 is 1.46. The highest BCUT2D eigenvalue weighted by Crippen LogP contribution is 2.24. The molecule has 3 aromatic rings. The Labute approximate surface area is 194 Å². The summed E-state index contributed by atoms with van der Waals surface area (Å²) in [5.74, 6) is 0.368. The lowest BCUT2D eigenvalue weighted by Crippen LogP contribution is -2.45. The first kappa shape index (κ1) is 24.4. The summed E-state index contributed by atoms with van der Waals surface area (Å²) in [6, 6.07) is 6.46. The number of aromatic nitrogens is 1. The van der Waals surface area contributed by atoms with Crippen molar-refractivity contribution in [2.75, 3.05) is 19.6 Å². The molecule has 0 fully saturated rings. The van der Waals surface area contributed by atoms with Crippen LogP contribution in [0.4, 0.5) is 0 Å². The van der Waals surface area contributed by atoms with Crippen LogP contribution in [-0.2, 0) is 21.4 Å². The fraction of sp³-hybridized carbons (Fsp3) is 0.478. The zero-order valence-corrected chi connectivity index (χ0v) is 20.9. The van der Waals surface area contributed by atoms with Crippen molar-refractivity contribution < 1.29 is 17.6 Å². The molecule has 2 aromatic heterocycles. The van der Waals surface area contributed by atoms with E-state index in [1.54, 1.807) is 23.1 Å². The number of hydrogen-bond acceptors (Lipinski definition) is 6. The van der Waals surface area contributed by atoms with Crippen LogP contribution in [0.5, 0.6) is 0 Å². The molecule has 0 saturated carbocycles. The highest BCUT2D eigenvalue weighted by Gasteiger charge is 2.30. The van der Waals surface area contributed by atoms with E-state index in [2.05, 4.69) is 4.98 Å². The summed E-state index contributed by atoms with van der Waals surface area (Å²) in [4.78, 5) is 19.6. The molecule has 0 bridgehead atoms. The minimum Gasteiger partial charge on any atom is -0.464 e. The molecule has 0 radical (unpaired) electrons. The average Bonchev–Trinajstić information content (AvgIpc) is 3.34. The summed E-state index contributed by atoms with van der Waals surface area (Å²) in [6.45, 7) is 11.0. The molecule has 1 aromatic carbocycles. The fourth-order valence-corrected chi connectivity index (χ4v) is 5.55. The maximum absolute atomic E-state index is 13.6. The van der Waals surface area contributed by atoms with Gasteiger partial charge in [0.2, 0.25) is 15.9 Å². The first-order chi connectivity index (χ1) is 15.1. The van der Waals surface area contributed by atoms with Crippen LogP contribution in [0.3, 0.4) is 0 Å². The van der Waals surface area contributed by atoms with E-state index in [0.717, 1.165) is 5.01 Å². The lowest BCUT2D eigenvalue weighted by Gasteiger charge is -2.29. The molecule has 7 nitrogen and oxygen atoms in total. The van der Waals surface area contributed by atoms with E-state index >= 15 is 0 Å². The zero-order valence-electron chi connectivity index (χ0n) is 19.2. The van der Waals surface area contributed by atoms with Crippen LogP contribution in [0.15, 0.2) is 45.2 Å². The van der Waals surface area contributed by atoms with Crippen molar-refractivity contribution in [3.8, 4) is 0 Å². The Balaban J connectivity index is 1.93. The quantitative estimate of drug-likeness (QED) is 0.428. The van der Waals surface area contributed by atoms with Crippen LogP contribution in [0.1, 0.15) is 38.4 Å². The first-order valence-electron chi connectivity index (χ1n) is 10.7. The topological polar surface area (TPSA) is 83.7 Å². The number of thiazole rings is 1. The van der Waals surface area contributed by atoms with Crippen molar-refractivity contribution in [1.82, 2.24) is 14.2 Å². The Bertz CT molecular complexity index is 1150. The van der Waals surface area contributed by atoms with Crippen molar-refractivity contribution in [2.45, 2.75) is 46.1 Å². The molecule has 1 amide bonds. The van der Waals surface area contributed by atoms with Gasteiger partial charge >= 0.3 is 0 Å². The van der Waals surface area contributed by atoms with Crippen LogP contribution in [0.25, 0.3) is 11.0 Å². The molecule has 2 heterocycles. The van der Waals surface area contributed by atoms with Gasteiger partial charge in [-0.2, -0.15) is 4.31 Å². The van der Waals surface area contributed by atoms with Gasteiger partial charge in [-0.3, -0.25) is 4.79 Å². The molecule has 3 rings (SSSR count). The molecule has 0 spiro atoms. The number of carbonyl (C=O) groups excluding carboxylic acids is 1. The first-order valence-corrected chi connectivity index (χ1v) is 13.0. The smallest absolute Gasteiger partial charge is 0.243 e. The van der Waals surface area contributed by atoms with Gasteiger partial charge in [0.25, 0.3) is 0 Å². The van der Waals surface area contributed by atoms with E-state index in [9.17, 15) is 13.2 Å². The lowest BCUT2D eigenvalue weighted by molar-refractivity contribution is -0.132. The molecule has 0 atom stereocenters. The summed E-state index contributed by atoms with van der Waals surface area (Å²) < 4.78 is 33.8. The number of nitrogens with zero attached hydrogens (tertiary/aromatic N) is 3. The molecule has 0 aliphatic rings. The SMILES string of the molecule is Cc1nc(CN(CC(=O)N(CC(C)C)CC(C)C)S(=O)(=O)c2ccc3occc3c2)cs1. The van der Waals surface area contributed by atoms with Crippen LogP contribution < -0.4 is 0 Å². The predicted molar refractivity (Wildman–Crippen MR) is 127 cm³/mol. The Hall–Kier alpha value is -2.23. The lowest BCUT2D eigenvalue weighted by atomic mass is 10.1. The van der Waals surface area contributed by atoms with Crippen molar-refractivity contribution >= 4 is 38.2 Å². The summed E-state index contributed by atoms with van der Waals surface area (Å²) in [5, 5.41) is 3.38. The van der Waals surface area contributed by atoms with E-state index in [1.807, 2.05) is 40.0 Å². The normalized spacial score (nSPS) is 12.4. The highest BCUT2D eigenvalue weighted by molar-refractivity contribution is 7.89. The second-order valence-corrected chi connectivity index (χ2v) is 11.8. The van der Waals surface area contributed by atoms with Gasteiger partial charge in [0.15, 0.2) is 0 Å². The van der Waals surface area contributed by atoms with E-state index in [4.69, 9.17) is 4.42 Å². The molecule has 0 saturated heterocycles. The number of hydrogen-bond donors (Lipinski definition) is 0. The number of fused-ring (bicyclic) bond motifs is 1. The molecule has 0 N–H and O–H groups in total. The maximum Gasteiger partial charge on any atom is 0.243 e. The van der Waals surface area contributed by atoms with Gasteiger partial charge in [-0.1, -0.05) is 27.7 Å². The van der Waals surface area contributed by atoms with E-state index in [-0.39, 0.29) is 35.7 Å². The number of carbonyl (C=O) groups is 1. The summed E-state index contributed by atoms with van der Waals surface area (Å²) in [7, 11) is -3.94. The number of sulfonamides is 1. The van der Waals surface area contributed by atoms with Crippen molar-refractivity contribution in [3.63, 3.8) is 0 Å². The third-order valence-corrected chi connectivity index (χ3v) is 7.51. The molecule has 0 aliphatic carbocycles. The monoisotopic (exact) mass is 477 g/mol. The standard InChI is InChI=1S/C23H31N3O4S2/c1-16(2)11-25(12-17(3)4)23(27)14-26(13-20-15-31-18(5)24-20)32(28,29)21-6-7-22-19(10-21)8-9-30-22/h6-10,15-17H,11-14H2,1-5H3.